The Bertz CT molecular complexity index is 377. The van der Waals surface area contributed by atoms with Crippen molar-refractivity contribution >= 4 is 0 Å². The number of hydrogen-bond donors (Lipinski definition) is 1. The zero-order valence-corrected chi connectivity index (χ0v) is 12.4. The van der Waals surface area contributed by atoms with Gasteiger partial charge in [0.15, 0.2) is 0 Å². The van der Waals surface area contributed by atoms with Crippen LogP contribution in [0.25, 0.3) is 0 Å². The lowest BCUT2D eigenvalue weighted by molar-refractivity contribution is 0.210. The Hall–Kier alpha value is -1.06. The summed E-state index contributed by atoms with van der Waals surface area (Å²) in [6.45, 7) is 8.05. The fourth-order valence-corrected chi connectivity index (χ4v) is 2.69. The van der Waals surface area contributed by atoms with E-state index in [2.05, 4.69) is 36.2 Å². The molecule has 3 heteroatoms. The van der Waals surface area contributed by atoms with Crippen molar-refractivity contribution in [1.29, 1.82) is 0 Å². The van der Waals surface area contributed by atoms with Gasteiger partial charge in [0.25, 0.3) is 0 Å². The molecule has 1 aliphatic rings. The molecular formula is C16H26N2O. The lowest BCUT2D eigenvalue weighted by Crippen LogP contribution is -2.39. The van der Waals surface area contributed by atoms with Gasteiger partial charge in [-0.2, -0.15) is 0 Å². The molecule has 2 atom stereocenters. The molecule has 19 heavy (non-hydrogen) atoms. The SMILES string of the molecule is COc1ccc(CCN2CC(C)NCCC2C)cc1. The van der Waals surface area contributed by atoms with Crippen LogP contribution in [0.5, 0.6) is 5.75 Å². The van der Waals surface area contributed by atoms with Crippen molar-refractivity contribution in [1.82, 2.24) is 10.2 Å². The van der Waals surface area contributed by atoms with Crippen molar-refractivity contribution in [2.45, 2.75) is 38.8 Å². The average molecular weight is 262 g/mol. The highest BCUT2D eigenvalue weighted by Gasteiger charge is 2.19. The van der Waals surface area contributed by atoms with Gasteiger partial charge >= 0.3 is 0 Å². The Morgan fingerprint density at radius 3 is 2.68 bits per heavy atom. The van der Waals surface area contributed by atoms with Crippen LogP contribution < -0.4 is 10.1 Å². The van der Waals surface area contributed by atoms with Gasteiger partial charge in [-0.05, 0) is 50.9 Å². The third-order valence-corrected chi connectivity index (χ3v) is 4.03. The summed E-state index contributed by atoms with van der Waals surface area (Å²) in [5, 5.41) is 3.56. The van der Waals surface area contributed by atoms with Crippen LogP contribution in [0.1, 0.15) is 25.8 Å². The molecule has 0 amide bonds. The molecule has 2 rings (SSSR count). The lowest BCUT2D eigenvalue weighted by Gasteiger charge is -2.28. The van der Waals surface area contributed by atoms with Crippen LogP contribution in [0, 0.1) is 0 Å². The van der Waals surface area contributed by atoms with E-state index in [1.165, 1.54) is 12.0 Å². The van der Waals surface area contributed by atoms with Crippen LogP contribution in [-0.2, 0) is 6.42 Å². The fraction of sp³-hybridized carbons (Fsp3) is 0.625. The summed E-state index contributed by atoms with van der Waals surface area (Å²) in [5.41, 5.74) is 1.39. The number of hydrogen-bond acceptors (Lipinski definition) is 3. The molecule has 0 aromatic heterocycles. The van der Waals surface area contributed by atoms with Gasteiger partial charge < -0.3 is 10.1 Å². The second kappa shape index (κ2) is 6.92. The maximum absolute atomic E-state index is 5.19. The molecule has 1 saturated heterocycles. The molecule has 0 saturated carbocycles. The summed E-state index contributed by atoms with van der Waals surface area (Å²) in [5.74, 6) is 0.935. The Labute approximate surface area is 116 Å². The molecule has 0 bridgehead atoms. The highest BCUT2D eigenvalue weighted by molar-refractivity contribution is 5.27. The van der Waals surface area contributed by atoms with E-state index < -0.39 is 0 Å². The molecule has 2 unspecified atom stereocenters. The molecular weight excluding hydrogens is 236 g/mol. The summed E-state index contributed by atoms with van der Waals surface area (Å²) in [4.78, 5) is 2.61. The fourth-order valence-electron chi connectivity index (χ4n) is 2.69. The van der Waals surface area contributed by atoms with Gasteiger partial charge in [0.05, 0.1) is 7.11 Å². The van der Waals surface area contributed by atoms with E-state index in [9.17, 15) is 0 Å². The number of benzene rings is 1. The van der Waals surface area contributed by atoms with Gasteiger partial charge in [-0.3, -0.25) is 4.90 Å². The maximum Gasteiger partial charge on any atom is 0.118 e. The standard InChI is InChI=1S/C16H26N2O/c1-13-12-18(14(2)8-10-17-13)11-9-15-4-6-16(19-3)7-5-15/h4-7,13-14,17H,8-12H2,1-3H3. The number of nitrogens with one attached hydrogen (secondary N) is 1. The van der Waals surface area contributed by atoms with E-state index in [0.29, 0.717) is 12.1 Å². The first-order valence-corrected chi connectivity index (χ1v) is 7.29. The summed E-state index contributed by atoms with van der Waals surface area (Å²) in [6, 6.07) is 9.71. The summed E-state index contributed by atoms with van der Waals surface area (Å²) in [7, 11) is 1.71. The van der Waals surface area contributed by atoms with Gasteiger partial charge in [0.2, 0.25) is 0 Å². The molecule has 1 heterocycles. The van der Waals surface area contributed by atoms with E-state index in [1.54, 1.807) is 7.11 Å². The smallest absolute Gasteiger partial charge is 0.118 e. The normalized spacial score (nSPS) is 25.0. The highest BCUT2D eigenvalue weighted by atomic mass is 16.5. The molecule has 0 spiro atoms. The third kappa shape index (κ3) is 4.22. The topological polar surface area (TPSA) is 24.5 Å². The predicted molar refractivity (Wildman–Crippen MR) is 79.8 cm³/mol. The van der Waals surface area contributed by atoms with Crippen molar-refractivity contribution in [3.05, 3.63) is 29.8 Å². The van der Waals surface area contributed by atoms with E-state index in [4.69, 9.17) is 4.74 Å². The van der Waals surface area contributed by atoms with E-state index in [-0.39, 0.29) is 0 Å². The molecule has 0 aliphatic carbocycles. The molecule has 3 nitrogen and oxygen atoms in total. The van der Waals surface area contributed by atoms with Gasteiger partial charge in [-0.15, -0.1) is 0 Å². The molecule has 1 aliphatic heterocycles. The molecule has 1 fully saturated rings. The second-order valence-corrected chi connectivity index (χ2v) is 5.59. The van der Waals surface area contributed by atoms with E-state index in [0.717, 1.165) is 31.8 Å². The second-order valence-electron chi connectivity index (χ2n) is 5.59. The predicted octanol–water partition coefficient (Wildman–Crippen LogP) is 2.31. The number of methoxy groups -OCH3 is 1. The minimum absolute atomic E-state index is 0.598. The first-order chi connectivity index (χ1) is 9.19. The van der Waals surface area contributed by atoms with Gasteiger partial charge in [-0.25, -0.2) is 0 Å². The van der Waals surface area contributed by atoms with E-state index in [1.807, 2.05) is 12.1 Å². The van der Waals surface area contributed by atoms with E-state index >= 15 is 0 Å². The number of rotatable bonds is 4. The Morgan fingerprint density at radius 2 is 2.00 bits per heavy atom. The average Bonchev–Trinajstić information content (AvgIpc) is 2.58. The summed E-state index contributed by atoms with van der Waals surface area (Å²) >= 11 is 0. The zero-order chi connectivity index (χ0) is 13.7. The largest absolute Gasteiger partial charge is 0.497 e. The van der Waals surface area contributed by atoms with Crippen molar-refractivity contribution < 1.29 is 4.74 Å². The highest BCUT2D eigenvalue weighted by Crippen LogP contribution is 2.14. The third-order valence-electron chi connectivity index (χ3n) is 4.03. The minimum Gasteiger partial charge on any atom is -0.497 e. The number of nitrogens with zero attached hydrogens (tertiary/aromatic N) is 1. The van der Waals surface area contributed by atoms with Crippen LogP contribution in [0.4, 0.5) is 0 Å². The lowest BCUT2D eigenvalue weighted by atomic mass is 10.1. The molecule has 106 valence electrons. The zero-order valence-electron chi connectivity index (χ0n) is 12.4. The summed E-state index contributed by atoms with van der Waals surface area (Å²) in [6.07, 6.45) is 2.36. The molecule has 1 N–H and O–H groups in total. The van der Waals surface area contributed by atoms with Crippen LogP contribution in [0.2, 0.25) is 0 Å². The molecule has 0 radical (unpaired) electrons. The van der Waals surface area contributed by atoms with Crippen LogP contribution in [-0.4, -0.2) is 43.7 Å². The van der Waals surface area contributed by atoms with Gasteiger partial charge in [0.1, 0.15) is 5.75 Å². The van der Waals surface area contributed by atoms with Gasteiger partial charge in [-0.1, -0.05) is 12.1 Å². The quantitative estimate of drug-likeness (QED) is 0.901. The van der Waals surface area contributed by atoms with Crippen molar-refractivity contribution in [2.24, 2.45) is 0 Å². The van der Waals surface area contributed by atoms with Crippen molar-refractivity contribution in [3.63, 3.8) is 0 Å². The Balaban J connectivity index is 1.88. The molecule has 1 aromatic carbocycles. The van der Waals surface area contributed by atoms with Crippen molar-refractivity contribution in [3.8, 4) is 5.75 Å². The molecule has 1 aromatic rings. The van der Waals surface area contributed by atoms with Crippen LogP contribution in [0.3, 0.4) is 0 Å². The summed E-state index contributed by atoms with van der Waals surface area (Å²) < 4.78 is 5.19. The number of ether oxygens (including phenoxy) is 1. The Kier molecular flexibility index (Phi) is 5.23. The first kappa shape index (κ1) is 14.4. The van der Waals surface area contributed by atoms with Crippen LogP contribution >= 0.6 is 0 Å². The van der Waals surface area contributed by atoms with Gasteiger partial charge in [0, 0.05) is 25.2 Å². The van der Waals surface area contributed by atoms with Crippen LogP contribution in [0.15, 0.2) is 24.3 Å². The Morgan fingerprint density at radius 1 is 1.26 bits per heavy atom. The monoisotopic (exact) mass is 262 g/mol. The first-order valence-electron chi connectivity index (χ1n) is 7.29. The minimum atomic E-state index is 0.598. The maximum atomic E-state index is 5.19. The van der Waals surface area contributed by atoms with Crippen molar-refractivity contribution in [2.75, 3.05) is 26.7 Å².